The van der Waals surface area contributed by atoms with Gasteiger partial charge in [0, 0.05) is 32.1 Å². The van der Waals surface area contributed by atoms with Gasteiger partial charge in [0.2, 0.25) is 5.76 Å². The average molecular weight is 372 g/mol. The summed E-state index contributed by atoms with van der Waals surface area (Å²) in [6.45, 7) is 0.450. The van der Waals surface area contributed by atoms with Gasteiger partial charge in [0.05, 0.1) is 16.7 Å². The number of carbonyl (C=O) groups is 1. The Morgan fingerprint density at radius 2 is 1.71 bits per heavy atom. The number of carbonyl (C=O) groups excluding carboxylic acids is 1. The fourth-order valence-corrected chi connectivity index (χ4v) is 3.09. The predicted molar refractivity (Wildman–Crippen MR) is 106 cm³/mol. The summed E-state index contributed by atoms with van der Waals surface area (Å²) < 4.78 is 5.28. The van der Waals surface area contributed by atoms with E-state index in [0.29, 0.717) is 6.54 Å². The van der Waals surface area contributed by atoms with Gasteiger partial charge in [-0.15, -0.1) is 0 Å². The molecule has 140 valence electrons. The number of benzene rings is 2. The third-order valence-corrected chi connectivity index (χ3v) is 4.58. The van der Waals surface area contributed by atoms with Crippen molar-refractivity contribution in [3.8, 4) is 0 Å². The highest BCUT2D eigenvalue weighted by Gasteiger charge is 2.18. The van der Waals surface area contributed by atoms with Crippen LogP contribution in [0, 0.1) is 0 Å². The molecule has 6 heteroatoms. The van der Waals surface area contributed by atoms with Crippen molar-refractivity contribution in [2.45, 2.75) is 19.4 Å². The quantitative estimate of drug-likeness (QED) is 0.516. The second-order valence-electron chi connectivity index (χ2n) is 6.71. The minimum atomic E-state index is -0.197. The molecular formula is C22H20N4O2. The van der Waals surface area contributed by atoms with Gasteiger partial charge >= 0.3 is 0 Å². The number of amides is 1. The van der Waals surface area contributed by atoms with Crippen LogP contribution in [-0.2, 0) is 19.4 Å². The van der Waals surface area contributed by atoms with Crippen LogP contribution >= 0.6 is 0 Å². The molecule has 2 heterocycles. The predicted octanol–water partition coefficient (Wildman–Crippen LogP) is 3.68. The van der Waals surface area contributed by atoms with E-state index in [9.17, 15) is 4.79 Å². The van der Waals surface area contributed by atoms with Crippen LogP contribution in [0.3, 0.4) is 0 Å². The molecule has 6 nitrogen and oxygen atoms in total. The molecule has 0 aliphatic heterocycles. The van der Waals surface area contributed by atoms with Crippen LogP contribution in [0.15, 0.2) is 71.5 Å². The molecule has 2 aromatic heterocycles. The molecule has 0 fully saturated rings. The number of nitrogens with zero attached hydrogens (tertiary/aromatic N) is 4. The summed E-state index contributed by atoms with van der Waals surface area (Å²) in [5, 5.41) is 4.04. The Morgan fingerprint density at radius 3 is 2.54 bits per heavy atom. The number of hydrogen-bond donors (Lipinski definition) is 0. The fraction of sp³-hybridized carbons (Fsp3) is 0.182. The van der Waals surface area contributed by atoms with Crippen molar-refractivity contribution in [3.63, 3.8) is 0 Å². The van der Waals surface area contributed by atoms with Gasteiger partial charge in [-0.3, -0.25) is 14.8 Å². The van der Waals surface area contributed by atoms with Crippen molar-refractivity contribution in [2.24, 2.45) is 0 Å². The van der Waals surface area contributed by atoms with Gasteiger partial charge in [-0.05, 0) is 36.1 Å². The van der Waals surface area contributed by atoms with Crippen molar-refractivity contribution in [1.82, 2.24) is 20.0 Å². The molecule has 2 aromatic carbocycles. The molecule has 0 radical (unpaired) electrons. The highest BCUT2D eigenvalue weighted by molar-refractivity contribution is 5.91. The van der Waals surface area contributed by atoms with E-state index in [2.05, 4.69) is 27.3 Å². The van der Waals surface area contributed by atoms with Gasteiger partial charge in [0.25, 0.3) is 5.91 Å². The minimum Gasteiger partial charge on any atom is -0.351 e. The molecule has 0 aliphatic carbocycles. The highest BCUT2D eigenvalue weighted by Crippen LogP contribution is 2.15. The summed E-state index contributed by atoms with van der Waals surface area (Å²) >= 11 is 0. The lowest BCUT2D eigenvalue weighted by atomic mass is 10.1. The lowest BCUT2D eigenvalue weighted by Crippen LogP contribution is -2.25. The maximum atomic E-state index is 12.7. The van der Waals surface area contributed by atoms with E-state index >= 15 is 0 Å². The van der Waals surface area contributed by atoms with Crippen LogP contribution in [0.1, 0.15) is 27.4 Å². The zero-order valence-electron chi connectivity index (χ0n) is 15.6. The Balaban J connectivity index is 1.40. The van der Waals surface area contributed by atoms with Crippen LogP contribution in [0.2, 0.25) is 0 Å². The maximum Gasteiger partial charge on any atom is 0.292 e. The van der Waals surface area contributed by atoms with Crippen molar-refractivity contribution in [1.29, 1.82) is 0 Å². The zero-order valence-corrected chi connectivity index (χ0v) is 15.6. The molecule has 0 aliphatic rings. The van der Waals surface area contributed by atoms with Crippen molar-refractivity contribution in [3.05, 3.63) is 89.6 Å². The van der Waals surface area contributed by atoms with Gasteiger partial charge in [-0.25, -0.2) is 0 Å². The normalized spacial score (nSPS) is 10.9. The van der Waals surface area contributed by atoms with Crippen molar-refractivity contribution >= 4 is 16.9 Å². The van der Waals surface area contributed by atoms with E-state index in [1.807, 2.05) is 36.4 Å². The molecule has 4 aromatic rings. The summed E-state index contributed by atoms with van der Waals surface area (Å²) in [4.78, 5) is 22.8. The smallest absolute Gasteiger partial charge is 0.292 e. The van der Waals surface area contributed by atoms with E-state index in [-0.39, 0.29) is 11.7 Å². The topological polar surface area (TPSA) is 72.1 Å². The largest absolute Gasteiger partial charge is 0.351 e. The second kappa shape index (κ2) is 8.00. The molecule has 0 unspecified atom stereocenters. The first-order chi connectivity index (χ1) is 13.7. The fourth-order valence-electron chi connectivity index (χ4n) is 3.09. The van der Waals surface area contributed by atoms with Gasteiger partial charge < -0.3 is 9.42 Å². The van der Waals surface area contributed by atoms with Crippen LogP contribution in [0.5, 0.6) is 0 Å². The Bertz CT molecular complexity index is 1090. The first-order valence-corrected chi connectivity index (χ1v) is 9.14. The van der Waals surface area contributed by atoms with E-state index in [1.165, 1.54) is 5.56 Å². The lowest BCUT2D eigenvalue weighted by molar-refractivity contribution is 0.0743. The van der Waals surface area contributed by atoms with E-state index < -0.39 is 0 Å². The summed E-state index contributed by atoms with van der Waals surface area (Å²) in [7, 11) is 1.75. The zero-order chi connectivity index (χ0) is 19.3. The van der Waals surface area contributed by atoms with Gasteiger partial charge in [0.1, 0.15) is 0 Å². The van der Waals surface area contributed by atoms with Crippen LogP contribution in [-0.4, -0.2) is 33.0 Å². The molecule has 4 rings (SSSR count). The molecule has 0 bridgehead atoms. The summed E-state index contributed by atoms with van der Waals surface area (Å²) in [5.74, 6) is 0.0591. The van der Waals surface area contributed by atoms with Gasteiger partial charge in [0.15, 0.2) is 0 Å². The number of aryl methyl sites for hydroxylation is 2. The van der Waals surface area contributed by atoms with Crippen LogP contribution < -0.4 is 0 Å². The average Bonchev–Trinajstić information content (AvgIpc) is 3.21. The third-order valence-electron chi connectivity index (χ3n) is 4.58. The molecule has 28 heavy (non-hydrogen) atoms. The molecule has 1 amide bonds. The Kier molecular flexibility index (Phi) is 5.10. The van der Waals surface area contributed by atoms with Crippen molar-refractivity contribution < 1.29 is 9.32 Å². The van der Waals surface area contributed by atoms with Crippen molar-refractivity contribution in [2.75, 3.05) is 7.05 Å². The molecule has 0 N–H and O–H groups in total. The molecule has 0 atom stereocenters. The lowest BCUT2D eigenvalue weighted by Gasteiger charge is -2.15. The summed E-state index contributed by atoms with van der Waals surface area (Å²) in [5.41, 5.74) is 4.63. The SMILES string of the molecule is CN(Cc1ccc2nccnc2c1)C(=O)c1cc(CCc2ccccc2)no1. The second-order valence-corrected chi connectivity index (χ2v) is 6.71. The van der Waals surface area contributed by atoms with Gasteiger partial charge in [-0.1, -0.05) is 41.6 Å². The van der Waals surface area contributed by atoms with E-state index in [0.717, 1.165) is 35.1 Å². The maximum absolute atomic E-state index is 12.7. The van der Waals surface area contributed by atoms with E-state index in [1.54, 1.807) is 30.4 Å². The standard InChI is InChI=1S/C22H20N4O2/c1-26(15-17-8-10-19-20(13-17)24-12-11-23-19)22(27)21-14-18(25-28-21)9-7-16-5-3-2-4-6-16/h2-6,8,10-14H,7,9,15H2,1H3. The molecular weight excluding hydrogens is 352 g/mol. The number of rotatable bonds is 6. The minimum absolute atomic E-state index is 0.197. The number of aromatic nitrogens is 3. The first-order valence-electron chi connectivity index (χ1n) is 9.14. The first kappa shape index (κ1) is 17.9. The molecule has 0 saturated heterocycles. The number of hydrogen-bond acceptors (Lipinski definition) is 5. The highest BCUT2D eigenvalue weighted by atomic mass is 16.5. The summed E-state index contributed by atoms with van der Waals surface area (Å²) in [6.07, 6.45) is 4.91. The van der Waals surface area contributed by atoms with Crippen LogP contribution in [0.4, 0.5) is 0 Å². The van der Waals surface area contributed by atoms with Crippen LogP contribution in [0.25, 0.3) is 11.0 Å². The Morgan fingerprint density at radius 1 is 0.929 bits per heavy atom. The Hall–Kier alpha value is -3.54. The van der Waals surface area contributed by atoms with Gasteiger partial charge in [-0.2, -0.15) is 0 Å². The Labute approximate surface area is 162 Å². The molecule has 0 saturated carbocycles. The summed E-state index contributed by atoms with van der Waals surface area (Å²) in [6, 6.07) is 17.7. The molecule has 0 spiro atoms. The monoisotopic (exact) mass is 372 g/mol. The number of fused-ring (bicyclic) bond motifs is 1. The van der Waals surface area contributed by atoms with E-state index in [4.69, 9.17) is 4.52 Å². The third kappa shape index (κ3) is 4.06.